The van der Waals surface area contributed by atoms with Crippen molar-refractivity contribution in [2.75, 3.05) is 32.2 Å². The maximum atomic E-state index is 6.58. The van der Waals surface area contributed by atoms with Gasteiger partial charge in [0.05, 0.1) is 4.87 Å². The lowest BCUT2D eigenvalue weighted by molar-refractivity contribution is 0.117. The maximum absolute atomic E-state index is 6.58. The summed E-state index contributed by atoms with van der Waals surface area (Å²) in [5.41, 5.74) is 4.45. The molecule has 2 unspecified atom stereocenters. The zero-order chi connectivity index (χ0) is 23.8. The van der Waals surface area contributed by atoms with Crippen LogP contribution in [0.5, 0.6) is 5.75 Å². The Morgan fingerprint density at radius 1 is 1.29 bits per heavy atom. The first kappa shape index (κ1) is 23.9. The lowest BCUT2D eigenvalue weighted by Crippen LogP contribution is -2.47. The number of nitrogens with zero attached hydrogens (tertiary/aromatic N) is 2. The molecule has 0 bridgehead atoms. The molecule has 1 aromatic carbocycles. The minimum absolute atomic E-state index is 0.156. The van der Waals surface area contributed by atoms with Crippen molar-refractivity contribution in [3.05, 3.63) is 59.5 Å². The number of allylic oxidation sites excluding steroid dienone is 3. The van der Waals surface area contributed by atoms with Gasteiger partial charge in [-0.2, -0.15) is 5.10 Å². The molecule has 5 rings (SSSR count). The van der Waals surface area contributed by atoms with Crippen molar-refractivity contribution in [3.8, 4) is 5.75 Å². The number of H-pyrrole nitrogens is 1. The normalized spacial score (nSPS) is 26.4. The van der Waals surface area contributed by atoms with E-state index in [0.717, 1.165) is 36.8 Å². The second kappa shape index (κ2) is 9.34. The number of benzene rings is 1. The first-order valence-corrected chi connectivity index (χ1v) is 15.0. The molecule has 3 aliphatic rings. The molecular formula is C26H36ClN5OS. The molecule has 1 fully saturated rings. The zero-order valence-electron chi connectivity index (χ0n) is 20.4. The van der Waals surface area contributed by atoms with Crippen LogP contribution in [0.1, 0.15) is 49.8 Å². The van der Waals surface area contributed by atoms with Crippen molar-refractivity contribution in [1.82, 2.24) is 25.2 Å². The average molecular weight is 502 g/mol. The highest BCUT2D eigenvalue weighted by Crippen LogP contribution is 2.58. The van der Waals surface area contributed by atoms with E-state index < -0.39 is 10.2 Å². The predicted molar refractivity (Wildman–Crippen MR) is 141 cm³/mol. The minimum Gasteiger partial charge on any atom is -0.492 e. The van der Waals surface area contributed by atoms with Gasteiger partial charge in [-0.1, -0.05) is 30.7 Å². The largest absolute Gasteiger partial charge is 0.492 e. The van der Waals surface area contributed by atoms with Crippen LogP contribution in [0.2, 0.25) is 0 Å². The maximum Gasteiger partial charge on any atom is 0.177 e. The van der Waals surface area contributed by atoms with Gasteiger partial charge in [0, 0.05) is 18.0 Å². The number of aromatic nitrogens is 3. The first-order valence-electron chi connectivity index (χ1n) is 12.2. The highest BCUT2D eigenvalue weighted by Gasteiger charge is 2.48. The molecule has 0 radical (unpaired) electrons. The van der Waals surface area contributed by atoms with Crippen LogP contribution in [0.25, 0.3) is 0 Å². The molecule has 2 aliphatic carbocycles. The topological polar surface area (TPSA) is 74.9 Å². The van der Waals surface area contributed by atoms with E-state index >= 15 is 0 Å². The minimum atomic E-state index is -1.22. The lowest BCUT2D eigenvalue weighted by Gasteiger charge is -2.52. The van der Waals surface area contributed by atoms with Crippen LogP contribution in [0.15, 0.2) is 53.5 Å². The highest BCUT2D eigenvalue weighted by atomic mass is 35.5. The summed E-state index contributed by atoms with van der Waals surface area (Å²) in [5, 5.41) is 11.7. The molecular weight excluding hydrogens is 466 g/mol. The van der Waals surface area contributed by atoms with E-state index in [9.17, 15) is 0 Å². The molecule has 1 saturated carbocycles. The molecule has 184 valence electrons. The highest BCUT2D eigenvalue weighted by molar-refractivity contribution is 8.31. The van der Waals surface area contributed by atoms with Crippen LogP contribution in [0, 0.1) is 5.41 Å². The molecule has 2 heterocycles. The van der Waals surface area contributed by atoms with Gasteiger partial charge in [0.2, 0.25) is 0 Å². The molecule has 3 N–H and O–H groups in total. The Morgan fingerprint density at radius 3 is 2.82 bits per heavy atom. The summed E-state index contributed by atoms with van der Waals surface area (Å²) in [6.45, 7) is 4.47. The number of rotatable bonds is 8. The Morgan fingerprint density at radius 2 is 2.15 bits per heavy atom. The van der Waals surface area contributed by atoms with E-state index in [0.29, 0.717) is 12.6 Å². The number of halogens is 1. The van der Waals surface area contributed by atoms with E-state index in [2.05, 4.69) is 81.1 Å². The summed E-state index contributed by atoms with van der Waals surface area (Å²) >= 11 is 6.58. The molecule has 1 aromatic heterocycles. The fourth-order valence-corrected chi connectivity index (χ4v) is 6.93. The van der Waals surface area contributed by atoms with Crippen molar-refractivity contribution in [2.24, 2.45) is 5.41 Å². The Labute approximate surface area is 209 Å². The van der Waals surface area contributed by atoms with Crippen molar-refractivity contribution < 1.29 is 4.74 Å². The third kappa shape index (κ3) is 4.68. The summed E-state index contributed by atoms with van der Waals surface area (Å²) in [5.74, 6) is 0.942. The number of fused-ring (bicyclic) bond motifs is 1. The van der Waals surface area contributed by atoms with Gasteiger partial charge in [-0.25, -0.2) is 4.98 Å². The van der Waals surface area contributed by atoms with Gasteiger partial charge in [-0.05, 0) is 80.5 Å². The fraction of sp³-hybridized carbons (Fsp3) is 0.538. The van der Waals surface area contributed by atoms with Crippen molar-refractivity contribution in [1.29, 1.82) is 0 Å². The van der Waals surface area contributed by atoms with Gasteiger partial charge >= 0.3 is 0 Å². The molecule has 8 heteroatoms. The molecule has 2 atom stereocenters. The second-order valence-electron chi connectivity index (χ2n) is 10.3. The Kier molecular flexibility index (Phi) is 6.57. The van der Waals surface area contributed by atoms with Crippen LogP contribution in [0.3, 0.4) is 0 Å². The van der Waals surface area contributed by atoms with Gasteiger partial charge in [-0.15, -0.1) is 21.8 Å². The van der Waals surface area contributed by atoms with E-state index in [1.165, 1.54) is 36.0 Å². The number of aromatic amines is 1. The van der Waals surface area contributed by atoms with Crippen molar-refractivity contribution >= 4 is 21.8 Å². The standard InChI is InChI=1S/C26H36ClN5OS/c1-25(27)12-7-20(8-13-25)26(10-4-11-26)23-22-17-21(6-5-19(22)9-14-28-23)33-16-15-31-34(2,3)24-29-18-30-32-24/h5-8,12,17-18,23,28,31H,4,9-11,13-16H2,1-3H3,(H,29,30,32). The second-order valence-corrected chi connectivity index (χ2v) is 14.5. The van der Waals surface area contributed by atoms with E-state index in [4.69, 9.17) is 16.3 Å². The monoisotopic (exact) mass is 501 g/mol. The molecule has 2 aromatic rings. The third-order valence-corrected chi connectivity index (χ3v) is 9.96. The SMILES string of the molecule is CC1(Cl)C=CC(C2(C3NCCc4ccc(OCCNS(C)(C)c5ncn[nH]5)cc43)CCC2)=CC1. The quantitative estimate of drug-likeness (QED) is 0.348. The third-order valence-electron chi connectivity index (χ3n) is 7.59. The summed E-state index contributed by atoms with van der Waals surface area (Å²) in [6.07, 6.45) is 18.4. The summed E-state index contributed by atoms with van der Waals surface area (Å²) in [7, 11) is -1.22. The van der Waals surface area contributed by atoms with Gasteiger partial charge in [0.25, 0.3) is 0 Å². The summed E-state index contributed by atoms with van der Waals surface area (Å²) in [6, 6.07) is 6.99. The van der Waals surface area contributed by atoms with Gasteiger partial charge < -0.3 is 10.1 Å². The molecule has 6 nitrogen and oxygen atoms in total. The fourth-order valence-electron chi connectivity index (χ4n) is 5.47. The number of hydrogen-bond acceptors (Lipinski definition) is 5. The lowest BCUT2D eigenvalue weighted by atomic mass is 9.56. The molecule has 0 saturated heterocycles. The van der Waals surface area contributed by atoms with Gasteiger partial charge in [0.15, 0.2) is 5.16 Å². The molecule has 34 heavy (non-hydrogen) atoms. The van der Waals surface area contributed by atoms with Crippen LogP contribution in [0.4, 0.5) is 0 Å². The first-order chi connectivity index (χ1) is 16.3. The molecule has 0 spiro atoms. The van der Waals surface area contributed by atoms with Crippen molar-refractivity contribution in [3.63, 3.8) is 0 Å². The number of ether oxygens (including phenoxy) is 1. The van der Waals surface area contributed by atoms with Crippen LogP contribution < -0.4 is 14.8 Å². The van der Waals surface area contributed by atoms with E-state index in [1.54, 1.807) is 6.33 Å². The Balaban J connectivity index is 1.29. The Bertz CT molecular complexity index is 1070. The smallest absolute Gasteiger partial charge is 0.177 e. The number of alkyl halides is 1. The predicted octanol–water partition coefficient (Wildman–Crippen LogP) is 5.05. The van der Waals surface area contributed by atoms with E-state index in [1.807, 2.05) is 0 Å². The summed E-state index contributed by atoms with van der Waals surface area (Å²) in [4.78, 5) is 4.05. The van der Waals surface area contributed by atoms with Crippen molar-refractivity contribution in [2.45, 2.75) is 55.1 Å². The Hall–Kier alpha value is -1.80. The van der Waals surface area contributed by atoms with Crippen LogP contribution >= 0.6 is 21.8 Å². The van der Waals surface area contributed by atoms with Gasteiger partial charge in [-0.3, -0.25) is 9.82 Å². The zero-order valence-corrected chi connectivity index (χ0v) is 21.9. The molecule has 1 aliphatic heterocycles. The average Bonchev–Trinajstić information content (AvgIpc) is 3.33. The molecule has 0 amide bonds. The van der Waals surface area contributed by atoms with Gasteiger partial charge in [0.1, 0.15) is 18.7 Å². The van der Waals surface area contributed by atoms with E-state index in [-0.39, 0.29) is 10.3 Å². The summed E-state index contributed by atoms with van der Waals surface area (Å²) < 4.78 is 9.78. The van der Waals surface area contributed by atoms with Crippen LogP contribution in [-0.2, 0) is 6.42 Å². The number of hydrogen-bond donors (Lipinski definition) is 3. The number of nitrogens with one attached hydrogen (secondary N) is 3. The van der Waals surface area contributed by atoms with Crippen LogP contribution in [-0.4, -0.2) is 52.3 Å².